The van der Waals surface area contributed by atoms with Crippen molar-refractivity contribution in [3.05, 3.63) is 88.6 Å². The smallest absolute Gasteiger partial charge is 0.281 e. The van der Waals surface area contributed by atoms with Crippen molar-refractivity contribution in [3.8, 4) is 11.6 Å². The first-order chi connectivity index (χ1) is 14.5. The summed E-state index contributed by atoms with van der Waals surface area (Å²) < 4.78 is 6.63. The highest BCUT2D eigenvalue weighted by Gasteiger charge is 2.20. The normalized spacial score (nSPS) is 11.1. The van der Waals surface area contributed by atoms with E-state index in [1.807, 2.05) is 0 Å². The molecule has 0 fully saturated rings. The van der Waals surface area contributed by atoms with E-state index in [1.54, 1.807) is 36.4 Å². The molecular formula is C23H21ClN4O2. The zero-order valence-corrected chi connectivity index (χ0v) is 17.4. The zero-order chi connectivity index (χ0) is 21.1. The molecule has 0 atom stereocenters. The summed E-state index contributed by atoms with van der Waals surface area (Å²) in [7, 11) is 0. The Kier molecular flexibility index (Phi) is 5.68. The molecule has 4 rings (SSSR count). The lowest BCUT2D eigenvalue weighted by molar-refractivity contribution is 0.0947. The van der Waals surface area contributed by atoms with Gasteiger partial charge in [-0.05, 0) is 47.4 Å². The number of nitrogens with zero attached hydrogens (tertiary/aromatic N) is 3. The highest BCUT2D eigenvalue weighted by Crippen LogP contribution is 2.21. The van der Waals surface area contributed by atoms with Gasteiger partial charge in [0.25, 0.3) is 5.91 Å². The lowest BCUT2D eigenvalue weighted by Crippen LogP contribution is -2.17. The van der Waals surface area contributed by atoms with Crippen LogP contribution in [0.5, 0.6) is 0 Å². The van der Waals surface area contributed by atoms with Crippen molar-refractivity contribution >= 4 is 23.5 Å². The maximum Gasteiger partial charge on any atom is 0.281 e. The number of aromatic nitrogens is 3. The molecule has 0 spiro atoms. The van der Waals surface area contributed by atoms with E-state index in [1.165, 1.54) is 16.5 Å². The summed E-state index contributed by atoms with van der Waals surface area (Å²) in [5.41, 5.74) is 2.77. The zero-order valence-electron chi connectivity index (χ0n) is 16.7. The Bertz CT molecular complexity index is 1150. The highest BCUT2D eigenvalue weighted by molar-refractivity contribution is 6.31. The van der Waals surface area contributed by atoms with E-state index in [0.29, 0.717) is 40.6 Å². The molecule has 30 heavy (non-hydrogen) atoms. The molecule has 152 valence electrons. The number of carbonyl (C=O) groups is 1. The molecule has 0 radical (unpaired) electrons. The van der Waals surface area contributed by atoms with E-state index in [-0.39, 0.29) is 5.91 Å². The summed E-state index contributed by atoms with van der Waals surface area (Å²) in [6.45, 7) is 4.82. The first kappa shape index (κ1) is 19.9. The molecule has 6 nitrogen and oxygen atoms in total. The first-order valence-corrected chi connectivity index (χ1v) is 10.0. The van der Waals surface area contributed by atoms with Crippen LogP contribution < -0.4 is 5.32 Å². The second kappa shape index (κ2) is 8.55. The molecule has 0 amide bonds. The molecule has 2 aromatic carbocycles. The molecule has 0 saturated heterocycles. The van der Waals surface area contributed by atoms with E-state index in [0.717, 1.165) is 5.56 Å². The number of furan rings is 1. The third-order valence-corrected chi connectivity index (χ3v) is 4.94. The largest absolute Gasteiger partial charge is 0.461 e. The van der Waals surface area contributed by atoms with Gasteiger partial charge >= 0.3 is 0 Å². The number of hydrogen-bond acceptors (Lipinski definition) is 5. The van der Waals surface area contributed by atoms with Gasteiger partial charge in [-0.1, -0.05) is 55.8 Å². The third kappa shape index (κ3) is 4.28. The molecule has 2 aromatic heterocycles. The van der Waals surface area contributed by atoms with Crippen molar-refractivity contribution in [2.75, 3.05) is 5.32 Å². The number of halogens is 1. The van der Waals surface area contributed by atoms with Crippen molar-refractivity contribution in [1.29, 1.82) is 0 Å². The monoisotopic (exact) mass is 420 g/mol. The van der Waals surface area contributed by atoms with Crippen molar-refractivity contribution < 1.29 is 9.21 Å². The summed E-state index contributed by atoms with van der Waals surface area (Å²) >= 11 is 6.05. The number of anilines is 1. The summed E-state index contributed by atoms with van der Waals surface area (Å²) in [5.74, 6) is 1.28. The molecular weight excluding hydrogens is 400 g/mol. The van der Waals surface area contributed by atoms with Crippen LogP contribution in [-0.2, 0) is 6.54 Å². The van der Waals surface area contributed by atoms with Gasteiger partial charge in [0.15, 0.2) is 5.76 Å². The Morgan fingerprint density at radius 3 is 2.60 bits per heavy atom. The predicted molar refractivity (Wildman–Crippen MR) is 117 cm³/mol. The summed E-state index contributed by atoms with van der Waals surface area (Å²) in [5, 5.41) is 8.06. The van der Waals surface area contributed by atoms with E-state index < -0.39 is 0 Å². The van der Waals surface area contributed by atoms with Crippen molar-refractivity contribution in [2.24, 2.45) is 0 Å². The van der Waals surface area contributed by atoms with Gasteiger partial charge in [-0.25, -0.2) is 0 Å². The molecule has 0 aliphatic rings. The Balaban J connectivity index is 1.63. The van der Waals surface area contributed by atoms with Crippen LogP contribution in [0.1, 0.15) is 41.3 Å². The van der Waals surface area contributed by atoms with Gasteiger partial charge < -0.3 is 9.73 Å². The lowest BCUT2D eigenvalue weighted by Gasteiger charge is -2.09. The number of hydrogen-bond donors (Lipinski definition) is 1. The molecule has 2 heterocycles. The molecule has 0 saturated carbocycles. The van der Waals surface area contributed by atoms with Crippen molar-refractivity contribution in [3.63, 3.8) is 0 Å². The molecule has 4 aromatic rings. The molecule has 1 N–H and O–H groups in total. The maximum absolute atomic E-state index is 13.1. The predicted octanol–water partition coefficient (Wildman–Crippen LogP) is 5.62. The summed E-state index contributed by atoms with van der Waals surface area (Å²) in [6, 6.07) is 18.6. The SMILES string of the molecule is CC(C)c1ccc(CNc2nc(-c3ccco3)nn2C(=O)c2cccc(Cl)c2)cc1. The Labute approximate surface area is 179 Å². The van der Waals surface area contributed by atoms with Crippen LogP contribution >= 0.6 is 11.6 Å². The van der Waals surface area contributed by atoms with E-state index >= 15 is 0 Å². The van der Waals surface area contributed by atoms with Crippen LogP contribution in [0.3, 0.4) is 0 Å². The average molecular weight is 421 g/mol. The van der Waals surface area contributed by atoms with Crippen LogP contribution in [0.15, 0.2) is 71.3 Å². The van der Waals surface area contributed by atoms with Gasteiger partial charge in [-0.3, -0.25) is 4.79 Å². The topological polar surface area (TPSA) is 73.0 Å². The van der Waals surface area contributed by atoms with Crippen LogP contribution in [-0.4, -0.2) is 20.7 Å². The number of nitrogens with one attached hydrogen (secondary N) is 1. The van der Waals surface area contributed by atoms with Crippen LogP contribution in [0.4, 0.5) is 5.95 Å². The summed E-state index contributed by atoms with van der Waals surface area (Å²) in [6.07, 6.45) is 1.54. The maximum atomic E-state index is 13.1. The van der Waals surface area contributed by atoms with Gasteiger partial charge in [0.2, 0.25) is 11.8 Å². The van der Waals surface area contributed by atoms with Crippen LogP contribution in [0.2, 0.25) is 5.02 Å². The molecule has 0 aliphatic heterocycles. The molecule has 0 bridgehead atoms. The highest BCUT2D eigenvalue weighted by atomic mass is 35.5. The van der Waals surface area contributed by atoms with Gasteiger partial charge in [0, 0.05) is 17.1 Å². The number of benzene rings is 2. The molecule has 0 unspecified atom stereocenters. The van der Waals surface area contributed by atoms with Crippen LogP contribution in [0, 0.1) is 0 Å². The fourth-order valence-corrected chi connectivity index (χ4v) is 3.21. The fourth-order valence-electron chi connectivity index (χ4n) is 3.02. The Hall–Kier alpha value is -3.38. The van der Waals surface area contributed by atoms with Gasteiger partial charge in [0.05, 0.1) is 6.26 Å². The molecule has 7 heteroatoms. The third-order valence-electron chi connectivity index (χ3n) is 4.71. The van der Waals surface area contributed by atoms with Gasteiger partial charge in [0.1, 0.15) is 0 Å². The minimum absolute atomic E-state index is 0.327. The Morgan fingerprint density at radius 1 is 1.13 bits per heavy atom. The van der Waals surface area contributed by atoms with Gasteiger partial charge in [-0.15, -0.1) is 5.10 Å². The number of rotatable bonds is 6. The quantitative estimate of drug-likeness (QED) is 0.438. The van der Waals surface area contributed by atoms with E-state index in [9.17, 15) is 4.79 Å². The standard InChI is InChI=1S/C23H21ClN4O2/c1-15(2)17-10-8-16(9-11-17)14-25-23-26-21(20-7-4-12-30-20)27-28(23)22(29)18-5-3-6-19(24)13-18/h3-13,15H,14H2,1-2H3,(H,25,26,27). The van der Waals surface area contributed by atoms with Crippen molar-refractivity contribution in [2.45, 2.75) is 26.3 Å². The van der Waals surface area contributed by atoms with Crippen molar-refractivity contribution in [1.82, 2.24) is 14.8 Å². The minimum atomic E-state index is -0.333. The average Bonchev–Trinajstić information content (AvgIpc) is 3.42. The Morgan fingerprint density at radius 2 is 1.93 bits per heavy atom. The summed E-state index contributed by atoms with van der Waals surface area (Å²) in [4.78, 5) is 17.5. The lowest BCUT2D eigenvalue weighted by atomic mass is 10.0. The second-order valence-corrected chi connectivity index (χ2v) is 7.65. The first-order valence-electron chi connectivity index (χ1n) is 9.65. The second-order valence-electron chi connectivity index (χ2n) is 7.21. The van der Waals surface area contributed by atoms with E-state index in [2.05, 4.69) is 53.5 Å². The van der Waals surface area contributed by atoms with Crippen LogP contribution in [0.25, 0.3) is 11.6 Å². The molecule has 0 aliphatic carbocycles. The number of carbonyl (C=O) groups excluding carboxylic acids is 1. The fraction of sp³-hybridized carbons (Fsp3) is 0.174. The van der Waals surface area contributed by atoms with Gasteiger partial charge in [-0.2, -0.15) is 9.67 Å². The minimum Gasteiger partial charge on any atom is -0.461 e. The van der Waals surface area contributed by atoms with E-state index in [4.69, 9.17) is 16.0 Å².